The maximum Gasteiger partial charge on any atom is 0.313 e. The molecule has 6 heteroatoms. The minimum Gasteiger partial charge on any atom is -0.489 e. The lowest BCUT2D eigenvalue weighted by molar-refractivity contribution is -0.154. The van der Waals surface area contributed by atoms with E-state index in [-0.39, 0.29) is 18.5 Å². The van der Waals surface area contributed by atoms with Crippen LogP contribution in [-0.4, -0.2) is 30.6 Å². The van der Waals surface area contributed by atoms with Crippen molar-refractivity contribution < 1.29 is 23.8 Å². The van der Waals surface area contributed by atoms with E-state index in [0.29, 0.717) is 19.4 Å². The Morgan fingerprint density at radius 1 is 0.973 bits per heavy atom. The van der Waals surface area contributed by atoms with Crippen LogP contribution in [0, 0.1) is 11.3 Å². The summed E-state index contributed by atoms with van der Waals surface area (Å²) < 4.78 is 16.3. The molecule has 5 rings (SSSR count). The van der Waals surface area contributed by atoms with Crippen LogP contribution in [0.2, 0.25) is 0 Å². The first-order valence-electron chi connectivity index (χ1n) is 12.4. The lowest BCUT2D eigenvalue weighted by atomic mass is 9.93. The van der Waals surface area contributed by atoms with Crippen LogP contribution in [0.25, 0.3) is 22.2 Å². The van der Waals surface area contributed by atoms with Crippen LogP contribution in [0.3, 0.4) is 0 Å². The maximum atomic E-state index is 12.7. The van der Waals surface area contributed by atoms with Gasteiger partial charge in [0.2, 0.25) is 0 Å². The Hall–Kier alpha value is -4.19. The van der Waals surface area contributed by atoms with E-state index >= 15 is 0 Å². The van der Waals surface area contributed by atoms with Crippen LogP contribution in [0.5, 0.6) is 5.75 Å². The summed E-state index contributed by atoms with van der Waals surface area (Å²) >= 11 is 0. The molecular weight excluding hydrogens is 466 g/mol. The summed E-state index contributed by atoms with van der Waals surface area (Å²) in [5, 5.41) is 1.05. The predicted octanol–water partition coefficient (Wildman–Crippen LogP) is 5.77. The highest BCUT2D eigenvalue weighted by atomic mass is 16.5. The molecule has 0 radical (unpaired) electrons. The Morgan fingerprint density at radius 3 is 2.43 bits per heavy atom. The molecule has 1 fully saturated rings. The van der Waals surface area contributed by atoms with Crippen molar-refractivity contribution in [3.63, 3.8) is 0 Å². The van der Waals surface area contributed by atoms with Crippen LogP contribution in [0.1, 0.15) is 24.5 Å². The minimum absolute atomic E-state index is 0.275. The summed E-state index contributed by atoms with van der Waals surface area (Å²) in [5.74, 6) is -0.459. The van der Waals surface area contributed by atoms with Crippen LogP contribution in [-0.2, 0) is 32.1 Å². The van der Waals surface area contributed by atoms with Gasteiger partial charge in [0, 0.05) is 16.5 Å². The van der Waals surface area contributed by atoms with Gasteiger partial charge in [0.05, 0.1) is 36.3 Å². The van der Waals surface area contributed by atoms with Crippen molar-refractivity contribution in [3.05, 3.63) is 96.1 Å². The molecule has 4 aromatic rings. The highest BCUT2D eigenvalue weighted by Crippen LogP contribution is 2.56. The van der Waals surface area contributed by atoms with Gasteiger partial charge in [0.1, 0.15) is 12.4 Å². The van der Waals surface area contributed by atoms with Gasteiger partial charge < -0.3 is 14.2 Å². The van der Waals surface area contributed by atoms with Gasteiger partial charge in [-0.3, -0.25) is 9.59 Å². The third-order valence-electron chi connectivity index (χ3n) is 6.95. The van der Waals surface area contributed by atoms with Gasteiger partial charge in [-0.25, -0.2) is 4.98 Å². The van der Waals surface area contributed by atoms with Gasteiger partial charge in [-0.1, -0.05) is 60.7 Å². The molecule has 2 atom stereocenters. The van der Waals surface area contributed by atoms with E-state index in [1.54, 1.807) is 6.92 Å². The molecule has 0 saturated heterocycles. The van der Waals surface area contributed by atoms with Crippen molar-refractivity contribution in [1.82, 2.24) is 4.98 Å². The van der Waals surface area contributed by atoms with Crippen molar-refractivity contribution in [1.29, 1.82) is 0 Å². The molecule has 188 valence electrons. The Labute approximate surface area is 216 Å². The number of carbonyl (C=O) groups excluding carboxylic acids is 2. The van der Waals surface area contributed by atoms with Crippen molar-refractivity contribution in [2.75, 3.05) is 13.7 Å². The van der Waals surface area contributed by atoms with E-state index in [4.69, 9.17) is 19.2 Å². The second-order valence-electron chi connectivity index (χ2n) is 9.32. The molecule has 0 amide bonds. The minimum atomic E-state index is -0.852. The molecule has 0 N–H and O–H groups in total. The summed E-state index contributed by atoms with van der Waals surface area (Å²) in [6.07, 6.45) is 0.858. The average molecular weight is 496 g/mol. The number of ether oxygens (including phenoxy) is 3. The quantitative estimate of drug-likeness (QED) is 0.275. The normalized spacial score (nSPS) is 18.3. The first-order valence-corrected chi connectivity index (χ1v) is 12.4. The topological polar surface area (TPSA) is 74.7 Å². The molecule has 0 spiro atoms. The number of rotatable bonds is 9. The zero-order chi connectivity index (χ0) is 25.8. The molecule has 1 aromatic heterocycles. The van der Waals surface area contributed by atoms with Gasteiger partial charge in [-0.05, 0) is 49.6 Å². The summed E-state index contributed by atoms with van der Waals surface area (Å²) in [7, 11) is 1.34. The lowest BCUT2D eigenvalue weighted by Gasteiger charge is -2.16. The summed E-state index contributed by atoms with van der Waals surface area (Å²) in [5.41, 5.74) is 4.02. The average Bonchev–Trinajstić information content (AvgIpc) is 3.68. The van der Waals surface area contributed by atoms with E-state index in [1.807, 2.05) is 72.8 Å². The Kier molecular flexibility index (Phi) is 6.91. The number of pyridine rings is 1. The number of nitrogens with zero attached hydrogens (tertiary/aromatic N) is 1. The molecule has 2 unspecified atom stereocenters. The van der Waals surface area contributed by atoms with Crippen LogP contribution in [0.15, 0.2) is 84.9 Å². The monoisotopic (exact) mass is 495 g/mol. The predicted molar refractivity (Wildman–Crippen MR) is 141 cm³/mol. The van der Waals surface area contributed by atoms with Gasteiger partial charge in [0.15, 0.2) is 0 Å². The fourth-order valence-electron chi connectivity index (χ4n) is 4.88. The highest BCUT2D eigenvalue weighted by molar-refractivity contribution is 5.91. The molecule has 3 aromatic carbocycles. The zero-order valence-corrected chi connectivity index (χ0v) is 21.0. The molecule has 6 nitrogen and oxygen atoms in total. The fraction of sp³-hybridized carbons (Fsp3) is 0.258. The number of esters is 2. The molecule has 1 aliphatic rings. The number of para-hydroxylation sites is 1. The van der Waals surface area contributed by atoms with Crippen LogP contribution < -0.4 is 4.74 Å². The van der Waals surface area contributed by atoms with Crippen LogP contribution in [0.4, 0.5) is 0 Å². The number of methoxy groups -OCH3 is 1. The van der Waals surface area contributed by atoms with Crippen molar-refractivity contribution in [2.45, 2.75) is 26.4 Å². The fourth-order valence-corrected chi connectivity index (χ4v) is 4.88. The molecular formula is C31H29NO5. The third kappa shape index (κ3) is 5.05. The van der Waals surface area contributed by atoms with Gasteiger partial charge in [-0.2, -0.15) is 0 Å². The van der Waals surface area contributed by atoms with Crippen molar-refractivity contribution in [3.8, 4) is 17.0 Å². The van der Waals surface area contributed by atoms with E-state index in [2.05, 4.69) is 12.1 Å². The first kappa shape index (κ1) is 24.5. The maximum absolute atomic E-state index is 12.7. The molecule has 0 bridgehead atoms. The van der Waals surface area contributed by atoms with Gasteiger partial charge in [0.25, 0.3) is 0 Å². The number of aromatic nitrogens is 1. The number of fused-ring (bicyclic) bond motifs is 1. The summed E-state index contributed by atoms with van der Waals surface area (Å²) in [6, 6.07) is 27.9. The van der Waals surface area contributed by atoms with E-state index in [1.165, 1.54) is 7.11 Å². The second kappa shape index (κ2) is 10.4. The number of hydrogen-bond acceptors (Lipinski definition) is 6. The van der Waals surface area contributed by atoms with E-state index < -0.39 is 11.3 Å². The Bertz CT molecular complexity index is 1420. The van der Waals surface area contributed by atoms with Crippen LogP contribution >= 0.6 is 0 Å². The smallest absolute Gasteiger partial charge is 0.313 e. The SMILES string of the molecule is CCOC(=O)C1(Cc2ccc(OCc3cc(-c4ccccc4)nc4ccccc34)cc2)CC1C(=O)OC. The Balaban J connectivity index is 1.32. The first-order chi connectivity index (χ1) is 18.0. The third-order valence-corrected chi connectivity index (χ3v) is 6.95. The zero-order valence-electron chi connectivity index (χ0n) is 21.0. The summed E-state index contributed by atoms with van der Waals surface area (Å²) in [4.78, 5) is 29.6. The van der Waals surface area contributed by atoms with Crippen molar-refractivity contribution in [2.24, 2.45) is 11.3 Å². The van der Waals surface area contributed by atoms with Gasteiger partial charge >= 0.3 is 11.9 Å². The number of hydrogen-bond donors (Lipinski definition) is 0. The van der Waals surface area contributed by atoms with Crippen molar-refractivity contribution >= 4 is 22.8 Å². The molecule has 0 aliphatic heterocycles. The molecule has 1 heterocycles. The second-order valence-corrected chi connectivity index (χ2v) is 9.32. The summed E-state index contributed by atoms with van der Waals surface area (Å²) in [6.45, 7) is 2.43. The van der Waals surface area contributed by atoms with E-state index in [0.717, 1.165) is 39.0 Å². The van der Waals surface area contributed by atoms with E-state index in [9.17, 15) is 9.59 Å². The van der Waals surface area contributed by atoms with Gasteiger partial charge in [-0.15, -0.1) is 0 Å². The molecule has 1 saturated carbocycles. The molecule has 1 aliphatic carbocycles. The highest BCUT2D eigenvalue weighted by Gasteiger charge is 2.65. The standard InChI is InChI=1S/C31H29NO5/c1-3-36-30(34)31(19-26(31)29(33)35-2)18-21-13-15-24(16-14-21)37-20-23-17-28(22-9-5-4-6-10-22)32-27-12-8-7-11-25(23)27/h4-17,26H,3,18-20H2,1-2H3. The number of carbonyl (C=O) groups is 2. The molecule has 37 heavy (non-hydrogen) atoms. The Morgan fingerprint density at radius 2 is 1.70 bits per heavy atom. The lowest BCUT2D eigenvalue weighted by Crippen LogP contribution is -2.26. The largest absolute Gasteiger partial charge is 0.489 e. The number of benzene rings is 3.